The Morgan fingerprint density at radius 1 is 0.967 bits per heavy atom. The number of nitrogens with zero attached hydrogens (tertiary/aromatic N) is 2. The number of hydrogen-bond acceptors (Lipinski definition) is 4. The molecule has 2 rings (SSSR count). The SMILES string of the molecule is CCCCCCCCCc1cnc(-c2ccc(OC(=O)C(Cl)CC(C)C)cc2)nc1. The monoisotopic (exact) mass is 430 g/mol. The van der Waals surface area contributed by atoms with Crippen LogP contribution in [0.15, 0.2) is 36.7 Å². The van der Waals surface area contributed by atoms with Crippen LogP contribution in [0, 0.1) is 5.92 Å². The summed E-state index contributed by atoms with van der Waals surface area (Å²) in [5.41, 5.74) is 2.07. The van der Waals surface area contributed by atoms with Crippen molar-refractivity contribution in [2.45, 2.75) is 83.9 Å². The molecule has 1 unspecified atom stereocenters. The Kier molecular flexibility index (Phi) is 10.9. The minimum atomic E-state index is -0.628. The van der Waals surface area contributed by atoms with Gasteiger partial charge in [-0.25, -0.2) is 9.97 Å². The molecule has 0 N–H and O–H groups in total. The minimum Gasteiger partial charge on any atom is -0.425 e. The average molecular weight is 431 g/mol. The molecule has 0 aliphatic heterocycles. The smallest absolute Gasteiger partial charge is 0.329 e. The summed E-state index contributed by atoms with van der Waals surface area (Å²) in [6.07, 6.45) is 14.6. The molecule has 0 saturated heterocycles. The fourth-order valence-corrected chi connectivity index (χ4v) is 3.68. The van der Waals surface area contributed by atoms with Crippen LogP contribution in [0.25, 0.3) is 11.4 Å². The van der Waals surface area contributed by atoms with Crippen LogP contribution in [0.3, 0.4) is 0 Å². The van der Waals surface area contributed by atoms with Gasteiger partial charge in [0.05, 0.1) is 0 Å². The van der Waals surface area contributed by atoms with Crippen molar-refractivity contribution in [3.8, 4) is 17.1 Å². The number of carbonyl (C=O) groups is 1. The van der Waals surface area contributed by atoms with Crippen molar-refractivity contribution >= 4 is 17.6 Å². The molecule has 0 aliphatic rings. The fourth-order valence-electron chi connectivity index (χ4n) is 3.28. The summed E-state index contributed by atoms with van der Waals surface area (Å²) < 4.78 is 5.36. The highest BCUT2D eigenvalue weighted by Crippen LogP contribution is 2.21. The Balaban J connectivity index is 1.80. The first-order valence-corrected chi connectivity index (χ1v) is 11.7. The molecule has 0 spiro atoms. The molecule has 4 nitrogen and oxygen atoms in total. The molecule has 164 valence electrons. The summed E-state index contributed by atoms with van der Waals surface area (Å²) in [4.78, 5) is 21.0. The van der Waals surface area contributed by atoms with E-state index in [1.807, 2.05) is 38.4 Å². The first-order chi connectivity index (χ1) is 14.5. The molecule has 1 atom stereocenters. The Morgan fingerprint density at radius 2 is 1.57 bits per heavy atom. The lowest BCUT2D eigenvalue weighted by Crippen LogP contribution is -2.22. The van der Waals surface area contributed by atoms with E-state index in [4.69, 9.17) is 16.3 Å². The maximum Gasteiger partial charge on any atom is 0.329 e. The third-order valence-corrected chi connectivity index (χ3v) is 5.40. The van der Waals surface area contributed by atoms with Crippen LogP contribution in [0.4, 0.5) is 0 Å². The largest absolute Gasteiger partial charge is 0.425 e. The molecule has 5 heteroatoms. The summed E-state index contributed by atoms with van der Waals surface area (Å²) in [6, 6.07) is 7.23. The van der Waals surface area contributed by atoms with Gasteiger partial charge in [-0.15, -0.1) is 11.6 Å². The van der Waals surface area contributed by atoms with E-state index in [9.17, 15) is 4.79 Å². The zero-order valence-electron chi connectivity index (χ0n) is 18.6. The predicted molar refractivity (Wildman–Crippen MR) is 124 cm³/mol. The first-order valence-electron chi connectivity index (χ1n) is 11.3. The number of carbonyl (C=O) groups excluding carboxylic acids is 1. The second-order valence-corrected chi connectivity index (χ2v) is 8.86. The quantitative estimate of drug-likeness (QED) is 0.148. The summed E-state index contributed by atoms with van der Waals surface area (Å²) in [5, 5.41) is -0.628. The van der Waals surface area contributed by atoms with Crippen LogP contribution < -0.4 is 4.74 Å². The van der Waals surface area contributed by atoms with Crippen LogP contribution >= 0.6 is 11.6 Å². The molecule has 1 heterocycles. The summed E-state index contributed by atoms with van der Waals surface area (Å²) >= 11 is 6.10. The molecule has 0 amide bonds. The highest BCUT2D eigenvalue weighted by molar-refractivity contribution is 6.30. The second kappa shape index (κ2) is 13.4. The first kappa shape index (κ1) is 24.3. The van der Waals surface area contributed by atoms with Gasteiger partial charge < -0.3 is 4.74 Å². The van der Waals surface area contributed by atoms with Crippen molar-refractivity contribution in [2.75, 3.05) is 0 Å². The molecule has 0 saturated carbocycles. The maximum atomic E-state index is 12.0. The van der Waals surface area contributed by atoms with Crippen molar-refractivity contribution in [1.29, 1.82) is 0 Å². The molecule has 30 heavy (non-hydrogen) atoms. The van der Waals surface area contributed by atoms with Gasteiger partial charge in [0.2, 0.25) is 0 Å². The van der Waals surface area contributed by atoms with Crippen molar-refractivity contribution in [3.63, 3.8) is 0 Å². The Morgan fingerprint density at radius 3 is 2.17 bits per heavy atom. The van der Waals surface area contributed by atoms with Crippen molar-refractivity contribution in [2.24, 2.45) is 5.92 Å². The number of aryl methyl sites for hydroxylation is 1. The van der Waals surface area contributed by atoms with E-state index in [-0.39, 0.29) is 0 Å². The highest BCUT2D eigenvalue weighted by Gasteiger charge is 2.19. The number of esters is 1. The number of aromatic nitrogens is 2. The van der Waals surface area contributed by atoms with Crippen molar-refractivity contribution < 1.29 is 9.53 Å². The second-order valence-electron chi connectivity index (χ2n) is 8.33. The van der Waals surface area contributed by atoms with Gasteiger partial charge in [-0.2, -0.15) is 0 Å². The number of ether oxygens (including phenoxy) is 1. The van der Waals surface area contributed by atoms with Crippen LogP contribution in [0.2, 0.25) is 0 Å². The summed E-state index contributed by atoms with van der Waals surface area (Å²) in [5.74, 6) is 1.08. The molecule has 2 aromatic rings. The molecule has 1 aromatic carbocycles. The number of benzene rings is 1. The third kappa shape index (κ3) is 8.83. The predicted octanol–water partition coefficient (Wildman–Crippen LogP) is 7.00. The van der Waals surface area contributed by atoms with Crippen LogP contribution in [-0.4, -0.2) is 21.3 Å². The van der Waals surface area contributed by atoms with Gasteiger partial charge in [-0.1, -0.05) is 59.3 Å². The Labute approximate surface area is 186 Å². The Bertz CT molecular complexity index is 745. The number of hydrogen-bond donors (Lipinski definition) is 0. The molecular weight excluding hydrogens is 396 g/mol. The molecule has 0 radical (unpaired) electrons. The van der Waals surface area contributed by atoms with E-state index < -0.39 is 11.3 Å². The normalized spacial score (nSPS) is 12.2. The average Bonchev–Trinajstić information content (AvgIpc) is 2.73. The van der Waals surface area contributed by atoms with Gasteiger partial charge in [-0.3, -0.25) is 4.79 Å². The van der Waals surface area contributed by atoms with E-state index in [0.717, 1.165) is 12.0 Å². The zero-order chi connectivity index (χ0) is 21.8. The molecule has 0 fully saturated rings. The van der Waals surface area contributed by atoms with Crippen molar-refractivity contribution in [1.82, 2.24) is 9.97 Å². The number of unbranched alkanes of at least 4 members (excludes halogenated alkanes) is 6. The minimum absolute atomic E-state index is 0.341. The van der Waals surface area contributed by atoms with E-state index in [1.54, 1.807) is 12.1 Å². The van der Waals surface area contributed by atoms with E-state index in [2.05, 4.69) is 16.9 Å². The lowest BCUT2D eigenvalue weighted by Gasteiger charge is -2.11. The lowest BCUT2D eigenvalue weighted by molar-refractivity contribution is -0.134. The van der Waals surface area contributed by atoms with Gasteiger partial charge in [0.15, 0.2) is 5.82 Å². The zero-order valence-corrected chi connectivity index (χ0v) is 19.3. The third-order valence-electron chi connectivity index (χ3n) is 5.04. The van der Waals surface area contributed by atoms with Crippen LogP contribution in [0.5, 0.6) is 5.75 Å². The molecule has 1 aromatic heterocycles. The molecule has 0 aliphatic carbocycles. The van der Waals surface area contributed by atoms with E-state index in [1.165, 1.54) is 50.5 Å². The molecule has 0 bridgehead atoms. The van der Waals surface area contributed by atoms with Gasteiger partial charge in [0.25, 0.3) is 0 Å². The topological polar surface area (TPSA) is 52.1 Å². The fraction of sp³-hybridized carbons (Fsp3) is 0.560. The van der Waals surface area contributed by atoms with E-state index in [0.29, 0.717) is 23.9 Å². The van der Waals surface area contributed by atoms with Crippen molar-refractivity contribution in [3.05, 3.63) is 42.2 Å². The molecular formula is C25H35ClN2O2. The van der Waals surface area contributed by atoms with Crippen LogP contribution in [-0.2, 0) is 11.2 Å². The van der Waals surface area contributed by atoms with Gasteiger partial charge in [0.1, 0.15) is 11.1 Å². The number of halogens is 1. The maximum absolute atomic E-state index is 12.0. The number of alkyl halides is 1. The van der Waals surface area contributed by atoms with Gasteiger partial charge in [-0.05, 0) is 55.0 Å². The van der Waals surface area contributed by atoms with Gasteiger partial charge in [0, 0.05) is 18.0 Å². The van der Waals surface area contributed by atoms with E-state index >= 15 is 0 Å². The Hall–Kier alpha value is -1.94. The summed E-state index contributed by atoms with van der Waals surface area (Å²) in [6.45, 7) is 6.30. The summed E-state index contributed by atoms with van der Waals surface area (Å²) in [7, 11) is 0. The number of rotatable bonds is 13. The highest BCUT2D eigenvalue weighted by atomic mass is 35.5. The standard InChI is InChI=1S/C25H35ClN2O2/c1-4-5-6-7-8-9-10-11-20-17-27-24(28-18-20)21-12-14-22(15-13-21)30-25(29)23(26)16-19(2)3/h12-15,17-19,23H,4-11,16H2,1-3H3. The van der Waals surface area contributed by atoms with Crippen LogP contribution in [0.1, 0.15) is 77.7 Å². The lowest BCUT2D eigenvalue weighted by atomic mass is 10.1. The van der Waals surface area contributed by atoms with Gasteiger partial charge >= 0.3 is 5.97 Å².